The van der Waals surface area contributed by atoms with Crippen LogP contribution in [0, 0.1) is 0 Å². The summed E-state index contributed by atoms with van der Waals surface area (Å²) in [5.74, 6) is -0.225. The molecule has 8 nitrogen and oxygen atoms in total. The monoisotopic (exact) mass is 434 g/mol. The van der Waals surface area contributed by atoms with Crippen molar-refractivity contribution < 1.29 is 28.6 Å². The number of carbonyl (C=O) groups is 3. The Kier molecular flexibility index (Phi) is 7.42. The first-order valence-corrected chi connectivity index (χ1v) is 9.76. The largest absolute Gasteiger partial charge is 0.484 e. The van der Waals surface area contributed by atoms with Crippen LogP contribution in [0.25, 0.3) is 0 Å². The van der Waals surface area contributed by atoms with Gasteiger partial charge in [-0.05, 0) is 61.5 Å². The molecule has 0 saturated heterocycles. The van der Waals surface area contributed by atoms with Crippen molar-refractivity contribution in [1.29, 1.82) is 0 Å². The molecule has 2 amide bonds. The van der Waals surface area contributed by atoms with E-state index in [0.29, 0.717) is 17.2 Å². The molecule has 0 aliphatic heterocycles. The normalized spacial score (nSPS) is 11.2. The summed E-state index contributed by atoms with van der Waals surface area (Å²) < 4.78 is 16.1. The summed E-state index contributed by atoms with van der Waals surface area (Å²) in [6, 6.07) is 22.2. The molecule has 0 bridgehead atoms. The van der Waals surface area contributed by atoms with Crippen LogP contribution in [0.15, 0.2) is 78.9 Å². The lowest BCUT2D eigenvalue weighted by molar-refractivity contribution is -0.123. The second kappa shape index (κ2) is 10.6. The Balaban J connectivity index is 1.53. The highest BCUT2D eigenvalue weighted by Crippen LogP contribution is 2.23. The highest BCUT2D eigenvalue weighted by Gasteiger charge is 2.19. The van der Waals surface area contributed by atoms with Gasteiger partial charge in [-0.1, -0.05) is 24.3 Å². The number of nitrogens with two attached hydrogens (primary N) is 1. The molecule has 3 aromatic carbocycles. The number of nitrogens with one attached hydrogen (secondary N) is 1. The number of benzene rings is 3. The van der Waals surface area contributed by atoms with Crippen molar-refractivity contribution >= 4 is 23.5 Å². The number of hydrogen-bond donors (Lipinski definition) is 2. The molecular weight excluding hydrogens is 412 g/mol. The van der Waals surface area contributed by atoms with Crippen LogP contribution >= 0.6 is 0 Å². The number of carbonyl (C=O) groups excluding carboxylic acids is 3. The Morgan fingerprint density at radius 3 is 2.22 bits per heavy atom. The average Bonchev–Trinajstić information content (AvgIpc) is 2.79. The van der Waals surface area contributed by atoms with Gasteiger partial charge in [-0.2, -0.15) is 0 Å². The van der Waals surface area contributed by atoms with Crippen LogP contribution in [0.1, 0.15) is 17.3 Å². The van der Waals surface area contributed by atoms with Crippen molar-refractivity contribution in [2.75, 3.05) is 11.9 Å². The number of primary amides is 1. The zero-order valence-corrected chi connectivity index (χ0v) is 17.3. The number of anilines is 1. The lowest BCUT2D eigenvalue weighted by Crippen LogP contribution is -2.30. The summed E-state index contributed by atoms with van der Waals surface area (Å²) in [7, 11) is 0. The number of rotatable bonds is 9. The maximum absolute atomic E-state index is 12.4. The smallest absolute Gasteiger partial charge is 0.339 e. The Bertz CT molecular complexity index is 1080. The predicted octanol–water partition coefficient (Wildman–Crippen LogP) is 3.53. The van der Waals surface area contributed by atoms with Crippen LogP contribution in [0.3, 0.4) is 0 Å². The van der Waals surface area contributed by atoms with E-state index >= 15 is 0 Å². The van der Waals surface area contributed by atoms with Crippen molar-refractivity contribution in [2.24, 2.45) is 5.73 Å². The molecular formula is C24H22N2O6. The molecule has 0 spiro atoms. The molecule has 8 heteroatoms. The SMILES string of the molecule is C[C@H](OC(=O)c1cccc(OCC(N)=O)c1)C(=O)Nc1ccc(Oc2ccccc2)cc1. The standard InChI is InChI=1S/C24H22N2O6/c1-16(31-24(29)17-6-5-9-21(14-17)30-15-22(25)27)23(28)26-18-10-12-20(13-11-18)32-19-7-3-2-4-8-19/h2-14,16H,15H2,1H3,(H2,25,27)(H,26,28)/t16-/m0/s1. The number of ether oxygens (including phenoxy) is 3. The minimum atomic E-state index is -1.04. The van der Waals surface area contributed by atoms with Gasteiger partial charge in [0.1, 0.15) is 17.2 Å². The van der Waals surface area contributed by atoms with Gasteiger partial charge >= 0.3 is 5.97 Å². The van der Waals surface area contributed by atoms with Crippen molar-refractivity contribution in [3.05, 3.63) is 84.4 Å². The van der Waals surface area contributed by atoms with E-state index in [9.17, 15) is 14.4 Å². The van der Waals surface area contributed by atoms with Crippen LogP contribution < -0.4 is 20.5 Å². The van der Waals surface area contributed by atoms with Gasteiger partial charge in [-0.15, -0.1) is 0 Å². The minimum absolute atomic E-state index is 0.175. The van der Waals surface area contributed by atoms with Crippen LogP contribution in [-0.2, 0) is 14.3 Å². The highest BCUT2D eigenvalue weighted by atomic mass is 16.5. The van der Waals surface area contributed by atoms with Gasteiger partial charge in [0.15, 0.2) is 12.7 Å². The molecule has 0 heterocycles. The molecule has 0 aliphatic rings. The van der Waals surface area contributed by atoms with Crippen molar-refractivity contribution in [1.82, 2.24) is 0 Å². The third kappa shape index (κ3) is 6.60. The number of amides is 2. The van der Waals surface area contributed by atoms with Gasteiger partial charge in [0.2, 0.25) is 0 Å². The first kappa shape index (κ1) is 22.4. The van der Waals surface area contributed by atoms with Crippen LogP contribution in [0.5, 0.6) is 17.2 Å². The lowest BCUT2D eigenvalue weighted by atomic mass is 10.2. The van der Waals surface area contributed by atoms with Crippen molar-refractivity contribution in [3.63, 3.8) is 0 Å². The Morgan fingerprint density at radius 1 is 0.875 bits per heavy atom. The molecule has 164 valence electrons. The van der Waals surface area contributed by atoms with Crippen LogP contribution in [-0.4, -0.2) is 30.5 Å². The summed E-state index contributed by atoms with van der Waals surface area (Å²) in [5.41, 5.74) is 5.74. The van der Waals surface area contributed by atoms with E-state index in [0.717, 1.165) is 0 Å². The van der Waals surface area contributed by atoms with E-state index in [-0.39, 0.29) is 17.9 Å². The maximum atomic E-state index is 12.4. The van der Waals surface area contributed by atoms with Gasteiger partial charge in [-0.25, -0.2) is 4.79 Å². The first-order chi connectivity index (χ1) is 15.4. The van der Waals surface area contributed by atoms with E-state index < -0.39 is 23.9 Å². The molecule has 0 saturated carbocycles. The molecule has 0 radical (unpaired) electrons. The van der Waals surface area contributed by atoms with Gasteiger partial charge in [0, 0.05) is 5.69 Å². The molecule has 0 unspecified atom stereocenters. The Morgan fingerprint density at radius 2 is 1.53 bits per heavy atom. The van der Waals surface area contributed by atoms with Crippen molar-refractivity contribution in [2.45, 2.75) is 13.0 Å². The van der Waals surface area contributed by atoms with E-state index in [1.807, 2.05) is 30.3 Å². The van der Waals surface area contributed by atoms with Gasteiger partial charge in [0.25, 0.3) is 11.8 Å². The molecule has 3 rings (SSSR count). The summed E-state index contributed by atoms with van der Waals surface area (Å²) in [5, 5.41) is 2.69. The van der Waals surface area contributed by atoms with Gasteiger partial charge < -0.3 is 25.3 Å². The molecule has 32 heavy (non-hydrogen) atoms. The fraction of sp³-hybridized carbons (Fsp3) is 0.125. The topological polar surface area (TPSA) is 117 Å². The summed E-state index contributed by atoms with van der Waals surface area (Å²) in [6.45, 7) is 1.15. The number of esters is 1. The van der Waals surface area contributed by atoms with E-state index in [4.69, 9.17) is 19.9 Å². The average molecular weight is 434 g/mol. The first-order valence-electron chi connectivity index (χ1n) is 9.76. The quantitative estimate of drug-likeness (QED) is 0.498. The van der Waals surface area contributed by atoms with E-state index in [1.54, 1.807) is 36.4 Å². The number of hydrogen-bond acceptors (Lipinski definition) is 6. The molecule has 0 aromatic heterocycles. The molecule has 0 fully saturated rings. The summed E-state index contributed by atoms with van der Waals surface area (Å²) in [4.78, 5) is 35.6. The molecule has 0 aliphatic carbocycles. The fourth-order valence-corrected chi connectivity index (χ4v) is 2.62. The minimum Gasteiger partial charge on any atom is -0.484 e. The molecule has 3 N–H and O–H groups in total. The second-order valence-electron chi connectivity index (χ2n) is 6.76. The zero-order valence-electron chi connectivity index (χ0n) is 17.3. The van der Waals surface area contributed by atoms with Crippen molar-refractivity contribution in [3.8, 4) is 17.2 Å². The summed E-state index contributed by atoms with van der Waals surface area (Å²) >= 11 is 0. The van der Waals surface area contributed by atoms with Gasteiger partial charge in [-0.3, -0.25) is 9.59 Å². The second-order valence-corrected chi connectivity index (χ2v) is 6.76. The lowest BCUT2D eigenvalue weighted by Gasteiger charge is -2.14. The fourth-order valence-electron chi connectivity index (χ4n) is 2.62. The third-order valence-corrected chi connectivity index (χ3v) is 4.20. The Labute approximate surface area is 184 Å². The van der Waals surface area contributed by atoms with Gasteiger partial charge in [0.05, 0.1) is 5.56 Å². The molecule has 1 atom stereocenters. The van der Waals surface area contributed by atoms with E-state index in [1.165, 1.54) is 19.1 Å². The number of para-hydroxylation sites is 1. The maximum Gasteiger partial charge on any atom is 0.339 e. The highest BCUT2D eigenvalue weighted by molar-refractivity contribution is 5.97. The molecule has 3 aromatic rings. The van der Waals surface area contributed by atoms with Crippen LogP contribution in [0.2, 0.25) is 0 Å². The Hall–Kier alpha value is -4.33. The zero-order chi connectivity index (χ0) is 22.9. The van der Waals surface area contributed by atoms with Crippen LogP contribution in [0.4, 0.5) is 5.69 Å². The third-order valence-electron chi connectivity index (χ3n) is 4.20. The van der Waals surface area contributed by atoms with E-state index in [2.05, 4.69) is 5.32 Å². The summed E-state index contributed by atoms with van der Waals surface area (Å²) in [6.07, 6.45) is -1.04. The predicted molar refractivity (Wildman–Crippen MR) is 118 cm³/mol.